The molecule has 0 spiro atoms. The lowest BCUT2D eigenvalue weighted by Crippen LogP contribution is -2.60. The number of likely N-dealkylation sites (tertiary alicyclic amines) is 1. The monoisotopic (exact) mass is 709 g/mol. The standard InChI is InChI=1S/C31H51N9O10/c1-3-16(2)25(39-28(46)19(9-12-23(33)42)36-26(44)17-6-4-14-35-17)30(48)40-15-5-7-21(40)29(47)37-18(8-11-22(32)41)27(45)38-20(31(49)50)10-13-24(34)43/h16-21,25,35H,3-15H2,1-2H3,(H2,32,41)(H2,33,42)(H2,34,43)(H,36,44)(H,37,47)(H,38,45)(H,39,46)(H,49,50)/t16-,17-,18-,19-,20-,21-,25-/m0/s1. The van der Waals surface area contributed by atoms with Gasteiger partial charge in [-0.05, 0) is 57.4 Å². The first-order chi connectivity index (χ1) is 23.5. The van der Waals surface area contributed by atoms with Crippen molar-refractivity contribution in [3.63, 3.8) is 0 Å². The van der Waals surface area contributed by atoms with Crippen LogP contribution in [0.2, 0.25) is 0 Å². The average Bonchev–Trinajstić information content (AvgIpc) is 3.77. The zero-order valence-corrected chi connectivity index (χ0v) is 28.5. The number of carboxylic acids is 1. The van der Waals surface area contributed by atoms with Crippen molar-refractivity contribution in [2.24, 2.45) is 23.1 Å². The minimum Gasteiger partial charge on any atom is -0.480 e. The van der Waals surface area contributed by atoms with E-state index in [9.17, 15) is 48.3 Å². The number of nitrogens with one attached hydrogen (secondary N) is 5. The number of carbonyl (C=O) groups is 9. The maximum atomic E-state index is 14.0. The highest BCUT2D eigenvalue weighted by atomic mass is 16.4. The third-order valence-electron chi connectivity index (χ3n) is 8.91. The summed E-state index contributed by atoms with van der Waals surface area (Å²) >= 11 is 0. The van der Waals surface area contributed by atoms with Crippen molar-refractivity contribution < 1.29 is 48.3 Å². The maximum Gasteiger partial charge on any atom is 0.326 e. The van der Waals surface area contributed by atoms with Gasteiger partial charge in [0.25, 0.3) is 0 Å². The lowest BCUT2D eigenvalue weighted by molar-refractivity contribution is -0.144. The molecule has 0 saturated carbocycles. The summed E-state index contributed by atoms with van der Waals surface area (Å²) in [6.45, 7) is 4.32. The van der Waals surface area contributed by atoms with E-state index < -0.39 is 95.4 Å². The molecule has 2 saturated heterocycles. The number of hydrogen-bond acceptors (Lipinski definition) is 10. The van der Waals surface area contributed by atoms with E-state index in [2.05, 4.69) is 26.6 Å². The van der Waals surface area contributed by atoms with E-state index in [1.165, 1.54) is 4.90 Å². The number of carboxylic acid groups (broad SMARTS) is 1. The zero-order valence-electron chi connectivity index (χ0n) is 28.5. The number of nitrogens with two attached hydrogens (primary N) is 3. The third kappa shape index (κ3) is 12.9. The fourth-order valence-corrected chi connectivity index (χ4v) is 5.79. The van der Waals surface area contributed by atoms with Crippen LogP contribution < -0.4 is 43.8 Å². The van der Waals surface area contributed by atoms with Gasteiger partial charge in [-0.3, -0.25) is 38.4 Å². The molecule has 0 aliphatic carbocycles. The van der Waals surface area contributed by atoms with Crippen molar-refractivity contribution in [2.45, 2.75) is 121 Å². The van der Waals surface area contributed by atoms with Gasteiger partial charge < -0.3 is 53.8 Å². The van der Waals surface area contributed by atoms with Gasteiger partial charge in [0.2, 0.25) is 47.3 Å². The highest BCUT2D eigenvalue weighted by molar-refractivity contribution is 5.97. The summed E-state index contributed by atoms with van der Waals surface area (Å²) in [5.74, 6) is -7.54. The van der Waals surface area contributed by atoms with E-state index in [1.54, 1.807) is 13.8 Å². The van der Waals surface area contributed by atoms with Crippen LogP contribution in [0.3, 0.4) is 0 Å². The first kappa shape index (κ1) is 41.4. The topological polar surface area (TPSA) is 315 Å². The number of aliphatic carboxylic acids is 1. The van der Waals surface area contributed by atoms with Crippen molar-refractivity contribution in [2.75, 3.05) is 13.1 Å². The van der Waals surface area contributed by atoms with E-state index in [1.807, 2.05) is 0 Å². The Morgan fingerprint density at radius 1 is 0.740 bits per heavy atom. The molecule has 50 heavy (non-hydrogen) atoms. The smallest absolute Gasteiger partial charge is 0.326 e. The Kier molecular flexibility index (Phi) is 16.5. The quantitative estimate of drug-likeness (QED) is 0.0565. The van der Waals surface area contributed by atoms with Crippen LogP contribution in [0.5, 0.6) is 0 Å². The third-order valence-corrected chi connectivity index (χ3v) is 8.91. The molecular weight excluding hydrogens is 658 g/mol. The SMILES string of the molecule is CC[C@H](C)[C@H](NC(=O)[C@H](CCC(N)=O)NC(=O)[C@@H]1CCCN1)C(=O)N1CCC[C@H]1C(=O)N[C@@H](CCC(N)=O)C(=O)N[C@@H](CCC(N)=O)C(=O)O. The fourth-order valence-electron chi connectivity index (χ4n) is 5.79. The number of amides is 8. The number of carbonyl (C=O) groups excluding carboxylic acids is 8. The van der Waals surface area contributed by atoms with Crippen LogP contribution in [0.1, 0.15) is 84.5 Å². The highest BCUT2D eigenvalue weighted by Crippen LogP contribution is 2.22. The molecule has 2 heterocycles. The van der Waals surface area contributed by atoms with E-state index in [4.69, 9.17) is 17.2 Å². The molecule has 0 unspecified atom stereocenters. The summed E-state index contributed by atoms with van der Waals surface area (Å²) in [6, 6.07) is -6.83. The normalized spacial score (nSPS) is 20.0. The van der Waals surface area contributed by atoms with Gasteiger partial charge in [-0.25, -0.2) is 4.79 Å². The predicted molar refractivity (Wildman–Crippen MR) is 176 cm³/mol. The van der Waals surface area contributed by atoms with Crippen LogP contribution in [-0.2, 0) is 43.2 Å². The molecular formula is C31H51N9O10. The lowest BCUT2D eigenvalue weighted by Gasteiger charge is -2.33. The number of rotatable bonds is 21. The van der Waals surface area contributed by atoms with Crippen LogP contribution in [-0.4, -0.2) is 113 Å². The first-order valence-electron chi connectivity index (χ1n) is 16.9. The van der Waals surface area contributed by atoms with Gasteiger partial charge in [-0.1, -0.05) is 20.3 Å². The molecule has 7 atom stereocenters. The van der Waals surface area contributed by atoms with Gasteiger partial charge in [0.1, 0.15) is 30.2 Å². The second kappa shape index (κ2) is 20.0. The molecule has 12 N–H and O–H groups in total. The molecule has 8 amide bonds. The minimum atomic E-state index is -1.52. The zero-order chi connectivity index (χ0) is 37.5. The van der Waals surface area contributed by atoms with Crippen molar-refractivity contribution in [1.29, 1.82) is 0 Å². The Labute approximate surface area is 289 Å². The molecule has 19 heteroatoms. The summed E-state index contributed by atoms with van der Waals surface area (Å²) in [5.41, 5.74) is 15.6. The van der Waals surface area contributed by atoms with Crippen LogP contribution >= 0.6 is 0 Å². The number of primary amides is 3. The predicted octanol–water partition coefficient (Wildman–Crippen LogP) is -3.40. The summed E-state index contributed by atoms with van der Waals surface area (Å²) in [5, 5.41) is 22.7. The van der Waals surface area contributed by atoms with Crippen LogP contribution in [0.4, 0.5) is 0 Å². The molecule has 0 radical (unpaired) electrons. The van der Waals surface area contributed by atoms with E-state index in [-0.39, 0.29) is 51.5 Å². The molecule has 2 aliphatic rings. The van der Waals surface area contributed by atoms with Gasteiger partial charge in [0, 0.05) is 25.8 Å². The van der Waals surface area contributed by atoms with Crippen LogP contribution in [0.15, 0.2) is 0 Å². The van der Waals surface area contributed by atoms with E-state index >= 15 is 0 Å². The minimum absolute atomic E-state index is 0.101. The van der Waals surface area contributed by atoms with E-state index in [0.29, 0.717) is 25.8 Å². The van der Waals surface area contributed by atoms with Gasteiger partial charge in [0.05, 0.1) is 6.04 Å². The maximum absolute atomic E-state index is 14.0. The molecule has 0 aromatic heterocycles. The Bertz CT molecular complexity index is 1290. The summed E-state index contributed by atoms with van der Waals surface area (Å²) in [6.07, 6.45) is 0.836. The second-order valence-electron chi connectivity index (χ2n) is 12.7. The molecule has 2 fully saturated rings. The lowest BCUT2D eigenvalue weighted by atomic mass is 9.96. The average molecular weight is 710 g/mol. The van der Waals surface area contributed by atoms with Gasteiger partial charge in [0.15, 0.2) is 0 Å². The largest absolute Gasteiger partial charge is 0.480 e. The molecule has 280 valence electrons. The molecule has 0 bridgehead atoms. The van der Waals surface area contributed by atoms with E-state index in [0.717, 1.165) is 6.42 Å². The summed E-state index contributed by atoms with van der Waals surface area (Å²) < 4.78 is 0. The van der Waals surface area contributed by atoms with Gasteiger partial charge in [-0.2, -0.15) is 0 Å². The summed E-state index contributed by atoms with van der Waals surface area (Å²) in [7, 11) is 0. The Morgan fingerprint density at radius 3 is 1.74 bits per heavy atom. The number of hydrogen-bond donors (Lipinski definition) is 9. The van der Waals surface area contributed by atoms with Gasteiger partial charge in [-0.15, -0.1) is 0 Å². The van der Waals surface area contributed by atoms with Crippen LogP contribution in [0, 0.1) is 5.92 Å². The second-order valence-corrected chi connectivity index (χ2v) is 12.7. The van der Waals surface area contributed by atoms with Crippen LogP contribution in [0.25, 0.3) is 0 Å². The Balaban J connectivity index is 2.24. The van der Waals surface area contributed by atoms with Crippen molar-refractivity contribution in [1.82, 2.24) is 31.5 Å². The molecule has 2 aliphatic heterocycles. The molecule has 19 nitrogen and oxygen atoms in total. The van der Waals surface area contributed by atoms with Crippen molar-refractivity contribution in [3.8, 4) is 0 Å². The molecule has 2 rings (SSSR count). The number of nitrogens with zero attached hydrogens (tertiary/aromatic N) is 1. The molecule has 0 aromatic rings. The highest BCUT2D eigenvalue weighted by Gasteiger charge is 2.41. The Morgan fingerprint density at radius 2 is 1.26 bits per heavy atom. The first-order valence-corrected chi connectivity index (χ1v) is 16.9. The van der Waals surface area contributed by atoms with Gasteiger partial charge >= 0.3 is 5.97 Å². The van der Waals surface area contributed by atoms with Crippen molar-refractivity contribution in [3.05, 3.63) is 0 Å². The fraction of sp³-hybridized carbons (Fsp3) is 0.710. The van der Waals surface area contributed by atoms with Crippen molar-refractivity contribution >= 4 is 53.2 Å². The molecule has 0 aromatic carbocycles. The summed E-state index contributed by atoms with van der Waals surface area (Å²) in [4.78, 5) is 114. The Hall–Kier alpha value is -4.81.